The van der Waals surface area contributed by atoms with Crippen LogP contribution in [0.15, 0.2) is 46.9 Å². The minimum atomic E-state index is -0.463. The van der Waals surface area contributed by atoms with Crippen LogP contribution in [0.1, 0.15) is 16.2 Å². The topological polar surface area (TPSA) is 95.7 Å². The van der Waals surface area contributed by atoms with E-state index < -0.39 is 5.91 Å². The number of amides is 1. The van der Waals surface area contributed by atoms with Gasteiger partial charge in [0, 0.05) is 17.7 Å². The minimum Gasteiger partial charge on any atom is -0.496 e. The van der Waals surface area contributed by atoms with Gasteiger partial charge in [0.2, 0.25) is 12.7 Å². The van der Waals surface area contributed by atoms with E-state index in [0.717, 1.165) is 5.56 Å². The first-order valence-electron chi connectivity index (χ1n) is 7.88. The molecular weight excluding hydrogens is 338 g/mol. The van der Waals surface area contributed by atoms with Crippen LogP contribution >= 0.6 is 0 Å². The number of hydrogen-bond donors (Lipinski definition) is 1. The summed E-state index contributed by atoms with van der Waals surface area (Å²) in [6, 6.07) is 12.7. The summed E-state index contributed by atoms with van der Waals surface area (Å²) in [5.74, 6) is 1.60. The highest BCUT2D eigenvalue weighted by Crippen LogP contribution is 2.35. The molecule has 1 aliphatic heterocycles. The summed E-state index contributed by atoms with van der Waals surface area (Å²) in [6.07, 6.45) is 0. The maximum Gasteiger partial charge on any atom is 0.309 e. The second-order valence-corrected chi connectivity index (χ2v) is 5.47. The highest BCUT2D eigenvalue weighted by molar-refractivity contribution is 5.89. The first kappa shape index (κ1) is 15.9. The molecule has 26 heavy (non-hydrogen) atoms. The number of hydrogen-bond acceptors (Lipinski definition) is 7. The molecule has 0 spiro atoms. The van der Waals surface area contributed by atoms with Crippen molar-refractivity contribution < 1.29 is 23.4 Å². The lowest BCUT2D eigenvalue weighted by atomic mass is 10.2. The molecule has 1 N–H and O–H groups in total. The van der Waals surface area contributed by atoms with Gasteiger partial charge in [-0.05, 0) is 24.3 Å². The van der Waals surface area contributed by atoms with Gasteiger partial charge in [0.1, 0.15) is 5.75 Å². The molecule has 1 aromatic heterocycles. The van der Waals surface area contributed by atoms with Crippen molar-refractivity contribution in [2.24, 2.45) is 0 Å². The SMILES string of the molecule is COc1ccccc1CNC(=O)c1nnc(-c2ccc3c(c2)OCO3)o1. The molecule has 1 aliphatic rings. The number of benzene rings is 2. The van der Waals surface area contributed by atoms with Crippen molar-refractivity contribution in [2.75, 3.05) is 13.9 Å². The molecule has 2 heterocycles. The highest BCUT2D eigenvalue weighted by atomic mass is 16.7. The molecule has 0 atom stereocenters. The monoisotopic (exact) mass is 353 g/mol. The predicted molar refractivity (Wildman–Crippen MR) is 90.0 cm³/mol. The van der Waals surface area contributed by atoms with Crippen LogP contribution in [-0.4, -0.2) is 30.0 Å². The van der Waals surface area contributed by atoms with Crippen molar-refractivity contribution in [3.8, 4) is 28.7 Å². The van der Waals surface area contributed by atoms with E-state index in [9.17, 15) is 4.79 Å². The van der Waals surface area contributed by atoms with Crippen LogP contribution in [0.3, 0.4) is 0 Å². The summed E-state index contributed by atoms with van der Waals surface area (Å²) in [7, 11) is 1.58. The number of rotatable bonds is 5. The van der Waals surface area contributed by atoms with Crippen molar-refractivity contribution in [1.29, 1.82) is 0 Å². The van der Waals surface area contributed by atoms with Crippen LogP contribution in [0, 0.1) is 0 Å². The Hall–Kier alpha value is -3.55. The van der Waals surface area contributed by atoms with Gasteiger partial charge in [-0.25, -0.2) is 0 Å². The van der Waals surface area contributed by atoms with Crippen molar-refractivity contribution in [3.05, 3.63) is 53.9 Å². The smallest absolute Gasteiger partial charge is 0.309 e. The van der Waals surface area contributed by atoms with E-state index in [1.165, 1.54) is 0 Å². The van der Waals surface area contributed by atoms with Gasteiger partial charge >= 0.3 is 11.8 Å². The first-order valence-corrected chi connectivity index (χ1v) is 7.88. The number of ether oxygens (including phenoxy) is 3. The van der Waals surface area contributed by atoms with E-state index in [4.69, 9.17) is 18.6 Å². The Balaban J connectivity index is 1.46. The molecule has 0 saturated carbocycles. The van der Waals surface area contributed by atoms with Crippen LogP contribution < -0.4 is 19.5 Å². The molecular formula is C18H15N3O5. The molecule has 0 fully saturated rings. The normalized spacial score (nSPS) is 12.0. The zero-order chi connectivity index (χ0) is 17.9. The second-order valence-electron chi connectivity index (χ2n) is 5.47. The van der Waals surface area contributed by atoms with Crippen LogP contribution in [0.4, 0.5) is 0 Å². The molecule has 8 heteroatoms. The van der Waals surface area contributed by atoms with Crippen molar-refractivity contribution in [2.45, 2.75) is 6.54 Å². The number of nitrogens with one attached hydrogen (secondary N) is 1. The average molecular weight is 353 g/mol. The number of carbonyl (C=O) groups excluding carboxylic acids is 1. The van der Waals surface area contributed by atoms with Gasteiger partial charge in [-0.2, -0.15) is 0 Å². The third-order valence-electron chi connectivity index (χ3n) is 3.87. The highest BCUT2D eigenvalue weighted by Gasteiger charge is 2.19. The van der Waals surface area contributed by atoms with E-state index in [1.807, 2.05) is 24.3 Å². The van der Waals surface area contributed by atoms with E-state index in [0.29, 0.717) is 22.8 Å². The Kier molecular flexibility index (Phi) is 4.14. The van der Waals surface area contributed by atoms with Gasteiger partial charge in [0.25, 0.3) is 0 Å². The number of para-hydroxylation sites is 1. The fraction of sp³-hybridized carbons (Fsp3) is 0.167. The summed E-state index contributed by atoms with van der Waals surface area (Å²) >= 11 is 0. The molecule has 2 aromatic carbocycles. The van der Waals surface area contributed by atoms with Gasteiger partial charge in [-0.3, -0.25) is 4.79 Å². The fourth-order valence-corrected chi connectivity index (χ4v) is 2.56. The third kappa shape index (κ3) is 3.04. The molecule has 0 saturated heterocycles. The number of carbonyl (C=O) groups is 1. The van der Waals surface area contributed by atoms with E-state index >= 15 is 0 Å². The Morgan fingerprint density at radius 3 is 2.88 bits per heavy atom. The summed E-state index contributed by atoms with van der Waals surface area (Å²) in [5, 5.41) is 10.5. The van der Waals surface area contributed by atoms with Crippen molar-refractivity contribution >= 4 is 5.91 Å². The quantitative estimate of drug-likeness (QED) is 0.752. The number of nitrogens with zero attached hydrogens (tertiary/aromatic N) is 2. The molecule has 0 unspecified atom stereocenters. The molecule has 132 valence electrons. The summed E-state index contributed by atoms with van der Waals surface area (Å²) in [5.41, 5.74) is 1.49. The Morgan fingerprint density at radius 1 is 1.15 bits per heavy atom. The van der Waals surface area contributed by atoms with Crippen LogP contribution in [0.25, 0.3) is 11.5 Å². The Bertz CT molecular complexity index is 954. The van der Waals surface area contributed by atoms with Gasteiger partial charge in [-0.15, -0.1) is 10.2 Å². The van der Waals surface area contributed by atoms with Gasteiger partial charge in [0.15, 0.2) is 11.5 Å². The second kappa shape index (κ2) is 6.75. The maximum absolute atomic E-state index is 12.3. The maximum atomic E-state index is 12.3. The summed E-state index contributed by atoms with van der Waals surface area (Å²) in [6.45, 7) is 0.462. The van der Waals surface area contributed by atoms with Crippen molar-refractivity contribution in [3.63, 3.8) is 0 Å². The molecule has 3 aromatic rings. The molecule has 1 amide bonds. The van der Waals surface area contributed by atoms with Crippen LogP contribution in [0.5, 0.6) is 17.2 Å². The van der Waals surface area contributed by atoms with Crippen LogP contribution in [-0.2, 0) is 6.54 Å². The zero-order valence-electron chi connectivity index (χ0n) is 13.9. The fourth-order valence-electron chi connectivity index (χ4n) is 2.56. The van der Waals surface area contributed by atoms with E-state index in [-0.39, 0.29) is 25.1 Å². The van der Waals surface area contributed by atoms with E-state index in [1.54, 1.807) is 25.3 Å². The molecule has 8 nitrogen and oxygen atoms in total. The first-order chi connectivity index (χ1) is 12.7. The molecule has 0 aliphatic carbocycles. The number of aromatic nitrogens is 2. The van der Waals surface area contributed by atoms with Gasteiger partial charge < -0.3 is 23.9 Å². The Labute approximate surface area is 148 Å². The van der Waals surface area contributed by atoms with Crippen LogP contribution in [0.2, 0.25) is 0 Å². The lowest BCUT2D eigenvalue weighted by Gasteiger charge is -2.08. The predicted octanol–water partition coefficient (Wildman–Crippen LogP) is 2.40. The molecule has 0 bridgehead atoms. The largest absolute Gasteiger partial charge is 0.496 e. The lowest BCUT2D eigenvalue weighted by Crippen LogP contribution is -2.23. The van der Waals surface area contributed by atoms with E-state index in [2.05, 4.69) is 15.5 Å². The van der Waals surface area contributed by atoms with Gasteiger partial charge in [0.05, 0.1) is 7.11 Å². The van der Waals surface area contributed by atoms with Gasteiger partial charge in [-0.1, -0.05) is 18.2 Å². The zero-order valence-corrected chi connectivity index (χ0v) is 13.9. The standard InChI is InChI=1S/C18H15N3O5/c1-23-13-5-3-2-4-12(13)9-19-16(22)18-21-20-17(26-18)11-6-7-14-15(8-11)25-10-24-14/h2-8H,9-10H2,1H3,(H,19,22). The molecule has 4 rings (SSSR count). The number of methoxy groups -OCH3 is 1. The van der Waals surface area contributed by atoms with Crippen molar-refractivity contribution in [1.82, 2.24) is 15.5 Å². The average Bonchev–Trinajstić information content (AvgIpc) is 3.35. The molecule has 0 radical (unpaired) electrons. The summed E-state index contributed by atoms with van der Waals surface area (Å²) in [4.78, 5) is 12.3. The summed E-state index contributed by atoms with van der Waals surface area (Å²) < 4.78 is 21.3. The Morgan fingerprint density at radius 2 is 2.00 bits per heavy atom. The lowest BCUT2D eigenvalue weighted by molar-refractivity contribution is 0.0916. The number of fused-ring (bicyclic) bond motifs is 1. The third-order valence-corrected chi connectivity index (χ3v) is 3.87. The minimum absolute atomic E-state index is 0.118.